The Hall–Kier alpha value is -1.75. The van der Waals surface area contributed by atoms with E-state index in [1.807, 2.05) is 30.3 Å². The normalized spacial score (nSPS) is 10.2. The minimum Gasteiger partial charge on any atom is -0.497 e. The molecule has 0 amide bonds. The molecule has 0 radical (unpaired) electrons. The Morgan fingerprint density at radius 2 is 1.62 bits per heavy atom. The highest BCUT2D eigenvalue weighted by Gasteiger charge is 2.08. The fraction of sp³-hybridized carbons (Fsp3) is 0.250. The smallest absolute Gasteiger partial charge is 0.165 e. The zero-order valence-corrected chi connectivity index (χ0v) is 13.2. The number of halogens is 2. The maximum atomic E-state index is 13.7. The van der Waals surface area contributed by atoms with Gasteiger partial charge >= 0.3 is 0 Å². The number of hydrogen-bond acceptors (Lipinski definition) is 3. The van der Waals surface area contributed by atoms with Crippen LogP contribution in [-0.4, -0.2) is 20.3 Å². The first-order chi connectivity index (χ1) is 10.2. The molecule has 0 saturated carbocycles. The van der Waals surface area contributed by atoms with E-state index in [0.29, 0.717) is 17.7 Å². The van der Waals surface area contributed by atoms with Gasteiger partial charge in [-0.3, -0.25) is 0 Å². The molecular weight excluding hydrogens is 339 g/mol. The zero-order valence-electron chi connectivity index (χ0n) is 11.6. The molecule has 0 aliphatic rings. The topological polar surface area (TPSA) is 27.7 Å². The molecule has 5 heteroatoms. The van der Waals surface area contributed by atoms with Gasteiger partial charge in [0.15, 0.2) is 11.6 Å². The highest BCUT2D eigenvalue weighted by atomic mass is 79.9. The third kappa shape index (κ3) is 4.36. The second-order valence-corrected chi connectivity index (χ2v) is 4.79. The van der Waals surface area contributed by atoms with Gasteiger partial charge in [-0.1, -0.05) is 28.1 Å². The summed E-state index contributed by atoms with van der Waals surface area (Å²) in [5.41, 5.74) is 0.777. The van der Waals surface area contributed by atoms with Gasteiger partial charge < -0.3 is 14.2 Å². The molecule has 0 N–H and O–H groups in total. The Balaban J connectivity index is 1.84. The maximum absolute atomic E-state index is 13.7. The van der Waals surface area contributed by atoms with Crippen LogP contribution < -0.4 is 14.2 Å². The fourth-order valence-electron chi connectivity index (χ4n) is 1.80. The van der Waals surface area contributed by atoms with Crippen LogP contribution in [-0.2, 0) is 5.33 Å². The largest absolute Gasteiger partial charge is 0.497 e. The number of benzene rings is 2. The summed E-state index contributed by atoms with van der Waals surface area (Å²) in [5, 5.41) is 0.541. The minimum atomic E-state index is -0.364. The molecule has 0 spiro atoms. The zero-order chi connectivity index (χ0) is 15.1. The van der Waals surface area contributed by atoms with E-state index in [1.165, 1.54) is 6.07 Å². The predicted octanol–water partition coefficient (Wildman–Crippen LogP) is 4.19. The van der Waals surface area contributed by atoms with Crippen LogP contribution in [0.4, 0.5) is 4.39 Å². The number of ether oxygens (including phenoxy) is 3. The van der Waals surface area contributed by atoms with Gasteiger partial charge in [-0.05, 0) is 30.3 Å². The molecule has 2 aromatic carbocycles. The number of para-hydroxylation sites is 1. The summed E-state index contributed by atoms with van der Waals surface area (Å²) in [6.45, 7) is 0.606. The van der Waals surface area contributed by atoms with Crippen molar-refractivity contribution in [3.63, 3.8) is 0 Å². The van der Waals surface area contributed by atoms with Gasteiger partial charge in [-0.25, -0.2) is 4.39 Å². The summed E-state index contributed by atoms with van der Waals surface area (Å²) >= 11 is 3.31. The van der Waals surface area contributed by atoms with Gasteiger partial charge in [0.2, 0.25) is 0 Å². The lowest BCUT2D eigenvalue weighted by Gasteiger charge is -2.12. The van der Waals surface area contributed by atoms with Crippen molar-refractivity contribution in [3.8, 4) is 17.2 Å². The van der Waals surface area contributed by atoms with Crippen molar-refractivity contribution in [2.24, 2.45) is 0 Å². The predicted molar refractivity (Wildman–Crippen MR) is 83.0 cm³/mol. The van der Waals surface area contributed by atoms with Crippen molar-refractivity contribution in [2.45, 2.75) is 5.33 Å². The van der Waals surface area contributed by atoms with Gasteiger partial charge in [0, 0.05) is 10.9 Å². The summed E-state index contributed by atoms with van der Waals surface area (Å²) in [5.74, 6) is 1.39. The lowest BCUT2D eigenvalue weighted by Crippen LogP contribution is -2.10. The first-order valence-corrected chi connectivity index (χ1v) is 7.59. The van der Waals surface area contributed by atoms with Crippen molar-refractivity contribution in [2.75, 3.05) is 20.3 Å². The Morgan fingerprint density at radius 3 is 2.29 bits per heavy atom. The molecule has 0 unspecified atom stereocenters. The van der Waals surface area contributed by atoms with Crippen molar-refractivity contribution >= 4 is 15.9 Å². The van der Waals surface area contributed by atoms with Crippen LogP contribution in [0.2, 0.25) is 0 Å². The first kappa shape index (κ1) is 15.6. The molecule has 0 atom stereocenters. The summed E-state index contributed by atoms with van der Waals surface area (Å²) in [6.07, 6.45) is 0. The van der Waals surface area contributed by atoms with E-state index in [2.05, 4.69) is 15.9 Å². The molecule has 112 valence electrons. The monoisotopic (exact) mass is 354 g/mol. The molecule has 0 heterocycles. The van der Waals surface area contributed by atoms with Crippen molar-refractivity contribution < 1.29 is 18.6 Å². The molecule has 21 heavy (non-hydrogen) atoms. The van der Waals surface area contributed by atoms with Crippen LogP contribution >= 0.6 is 15.9 Å². The number of methoxy groups -OCH3 is 1. The lowest BCUT2D eigenvalue weighted by atomic mass is 10.2. The van der Waals surface area contributed by atoms with Crippen LogP contribution in [0.1, 0.15) is 5.56 Å². The molecule has 0 aliphatic carbocycles. The Labute approximate surface area is 131 Å². The van der Waals surface area contributed by atoms with E-state index < -0.39 is 0 Å². The van der Waals surface area contributed by atoms with Gasteiger partial charge in [-0.2, -0.15) is 0 Å². The highest BCUT2D eigenvalue weighted by Crippen LogP contribution is 2.24. The quantitative estimate of drug-likeness (QED) is 0.551. The minimum absolute atomic E-state index is 0.271. The second kappa shape index (κ2) is 7.88. The molecular formula is C16H16BrFO3. The van der Waals surface area contributed by atoms with Gasteiger partial charge in [-0.15, -0.1) is 0 Å². The summed E-state index contributed by atoms with van der Waals surface area (Å²) in [6, 6.07) is 12.1. The summed E-state index contributed by atoms with van der Waals surface area (Å²) in [7, 11) is 1.61. The SMILES string of the molecule is COc1ccc(OCCOc2c(F)cccc2CBr)cc1. The van der Waals surface area contributed by atoms with Crippen molar-refractivity contribution in [1.82, 2.24) is 0 Å². The standard InChI is InChI=1S/C16H16BrFO3/c1-19-13-5-7-14(8-6-13)20-9-10-21-16-12(11-17)3-2-4-15(16)18/h2-8H,9-11H2,1H3. The maximum Gasteiger partial charge on any atom is 0.165 e. The average Bonchev–Trinajstić information content (AvgIpc) is 2.53. The van der Waals surface area contributed by atoms with Gasteiger partial charge in [0.05, 0.1) is 7.11 Å². The van der Waals surface area contributed by atoms with Crippen LogP contribution in [0.15, 0.2) is 42.5 Å². The summed E-state index contributed by atoms with van der Waals surface area (Å²) < 4.78 is 29.7. The molecule has 0 bridgehead atoms. The average molecular weight is 355 g/mol. The van der Waals surface area contributed by atoms with E-state index in [-0.39, 0.29) is 18.2 Å². The third-order valence-electron chi connectivity index (χ3n) is 2.85. The molecule has 3 nitrogen and oxygen atoms in total. The van der Waals surface area contributed by atoms with Crippen molar-refractivity contribution in [1.29, 1.82) is 0 Å². The molecule has 2 rings (SSSR count). The Morgan fingerprint density at radius 1 is 0.952 bits per heavy atom. The highest BCUT2D eigenvalue weighted by molar-refractivity contribution is 9.08. The Kier molecular flexibility index (Phi) is 5.87. The van der Waals surface area contributed by atoms with Crippen LogP contribution in [0.3, 0.4) is 0 Å². The fourth-order valence-corrected chi connectivity index (χ4v) is 2.24. The molecule has 0 saturated heterocycles. The second-order valence-electron chi connectivity index (χ2n) is 4.23. The van der Waals surface area contributed by atoms with Crippen LogP contribution in [0.5, 0.6) is 17.2 Å². The molecule has 0 fully saturated rings. The van der Waals surface area contributed by atoms with E-state index in [0.717, 1.165) is 11.3 Å². The van der Waals surface area contributed by atoms with E-state index in [1.54, 1.807) is 13.2 Å². The van der Waals surface area contributed by atoms with E-state index >= 15 is 0 Å². The van der Waals surface area contributed by atoms with E-state index in [4.69, 9.17) is 14.2 Å². The Bertz CT molecular complexity index is 572. The van der Waals surface area contributed by atoms with Gasteiger partial charge in [0.25, 0.3) is 0 Å². The van der Waals surface area contributed by atoms with Crippen LogP contribution in [0, 0.1) is 5.82 Å². The number of hydrogen-bond donors (Lipinski definition) is 0. The van der Waals surface area contributed by atoms with Crippen molar-refractivity contribution in [3.05, 3.63) is 53.8 Å². The van der Waals surface area contributed by atoms with Crippen LogP contribution in [0.25, 0.3) is 0 Å². The van der Waals surface area contributed by atoms with Gasteiger partial charge in [0.1, 0.15) is 24.7 Å². The molecule has 0 aromatic heterocycles. The molecule has 2 aromatic rings. The van der Waals surface area contributed by atoms with E-state index in [9.17, 15) is 4.39 Å². The molecule has 0 aliphatic heterocycles. The number of rotatable bonds is 7. The summed E-state index contributed by atoms with van der Waals surface area (Å²) in [4.78, 5) is 0. The lowest BCUT2D eigenvalue weighted by molar-refractivity contribution is 0.210. The first-order valence-electron chi connectivity index (χ1n) is 6.47. The third-order valence-corrected chi connectivity index (χ3v) is 3.45. The number of alkyl halides is 1.